The summed E-state index contributed by atoms with van der Waals surface area (Å²) in [7, 11) is -3.60. The molecule has 1 heterocycles. The van der Waals surface area contributed by atoms with Crippen LogP contribution in [0.4, 0.5) is 5.69 Å². The smallest absolute Gasteiger partial charge is 0.254 e. The molecule has 0 saturated carbocycles. The molecule has 2 atom stereocenters. The number of hydrogen-bond donors (Lipinski definition) is 3. The number of amides is 1. The van der Waals surface area contributed by atoms with Crippen molar-refractivity contribution in [2.24, 2.45) is 0 Å². The standard InChI is InChI=1S/C15H23N3O4S.ClH/c1-3-11(2)18-23(20,21)13-6-4-5-12(9-13)17-15(19)14-10-16-7-8-22-14;/h4-6,9,11,14,16,18H,3,7-8,10H2,1-2H3,(H,17,19);1H. The molecule has 2 rings (SSSR count). The first-order valence-corrected chi connectivity index (χ1v) is 9.16. The molecule has 1 amide bonds. The maximum Gasteiger partial charge on any atom is 0.254 e. The topological polar surface area (TPSA) is 96.5 Å². The minimum atomic E-state index is -3.60. The van der Waals surface area contributed by atoms with Crippen molar-refractivity contribution in [1.29, 1.82) is 0 Å². The van der Waals surface area contributed by atoms with E-state index < -0.39 is 16.1 Å². The first-order valence-electron chi connectivity index (χ1n) is 7.68. The van der Waals surface area contributed by atoms with Crippen LogP contribution in [-0.2, 0) is 19.6 Å². The molecule has 1 aromatic carbocycles. The van der Waals surface area contributed by atoms with Crippen LogP contribution in [0.2, 0.25) is 0 Å². The Labute approximate surface area is 149 Å². The summed E-state index contributed by atoms with van der Waals surface area (Å²) >= 11 is 0. The molecular formula is C15H24ClN3O4S. The Morgan fingerprint density at radius 2 is 2.21 bits per heavy atom. The Hall–Kier alpha value is -1.19. The van der Waals surface area contributed by atoms with E-state index in [-0.39, 0.29) is 29.3 Å². The highest BCUT2D eigenvalue weighted by Gasteiger charge is 2.22. The third-order valence-corrected chi connectivity index (χ3v) is 5.19. The molecule has 1 aliphatic heterocycles. The van der Waals surface area contributed by atoms with Gasteiger partial charge in [0.15, 0.2) is 0 Å². The lowest BCUT2D eigenvalue weighted by Crippen LogP contribution is -2.45. The number of ether oxygens (including phenoxy) is 1. The molecule has 1 saturated heterocycles. The van der Waals surface area contributed by atoms with E-state index in [0.717, 1.165) is 6.54 Å². The van der Waals surface area contributed by atoms with E-state index >= 15 is 0 Å². The number of rotatable bonds is 6. The fourth-order valence-electron chi connectivity index (χ4n) is 2.11. The molecule has 24 heavy (non-hydrogen) atoms. The number of morpholine rings is 1. The summed E-state index contributed by atoms with van der Waals surface area (Å²) < 4.78 is 32.5. The molecule has 7 nitrogen and oxygen atoms in total. The number of carbonyl (C=O) groups excluding carboxylic acids is 1. The van der Waals surface area contributed by atoms with Gasteiger partial charge in [-0.05, 0) is 31.5 Å². The van der Waals surface area contributed by atoms with Gasteiger partial charge in [0, 0.05) is 24.8 Å². The van der Waals surface area contributed by atoms with Crippen molar-refractivity contribution in [2.75, 3.05) is 25.0 Å². The second-order valence-electron chi connectivity index (χ2n) is 5.51. The third kappa shape index (κ3) is 5.71. The predicted molar refractivity (Wildman–Crippen MR) is 95.0 cm³/mol. The molecule has 136 valence electrons. The molecule has 2 unspecified atom stereocenters. The van der Waals surface area contributed by atoms with Crippen molar-refractivity contribution in [2.45, 2.75) is 37.3 Å². The number of hydrogen-bond acceptors (Lipinski definition) is 5. The van der Waals surface area contributed by atoms with Crippen LogP contribution in [0.25, 0.3) is 0 Å². The van der Waals surface area contributed by atoms with Gasteiger partial charge in [-0.3, -0.25) is 4.79 Å². The van der Waals surface area contributed by atoms with Gasteiger partial charge in [0.25, 0.3) is 5.91 Å². The Bertz CT molecular complexity index is 648. The van der Waals surface area contributed by atoms with Crippen molar-refractivity contribution >= 4 is 34.0 Å². The second kappa shape index (κ2) is 9.33. The lowest BCUT2D eigenvalue weighted by molar-refractivity contribution is -0.128. The van der Waals surface area contributed by atoms with Gasteiger partial charge in [0.1, 0.15) is 6.10 Å². The first kappa shape index (κ1) is 20.9. The second-order valence-corrected chi connectivity index (χ2v) is 7.23. The van der Waals surface area contributed by atoms with Gasteiger partial charge in [-0.25, -0.2) is 13.1 Å². The zero-order chi connectivity index (χ0) is 16.9. The molecule has 0 radical (unpaired) electrons. The molecule has 9 heteroatoms. The van der Waals surface area contributed by atoms with Crippen LogP contribution < -0.4 is 15.4 Å². The normalized spacial score (nSPS) is 19.2. The van der Waals surface area contributed by atoms with Gasteiger partial charge in [-0.15, -0.1) is 12.4 Å². The van der Waals surface area contributed by atoms with Crippen molar-refractivity contribution in [1.82, 2.24) is 10.0 Å². The zero-order valence-corrected chi connectivity index (χ0v) is 15.4. The monoisotopic (exact) mass is 377 g/mol. The Kier molecular flexibility index (Phi) is 8.11. The van der Waals surface area contributed by atoms with Gasteiger partial charge in [0.2, 0.25) is 10.0 Å². The maximum absolute atomic E-state index is 12.3. The SMILES string of the molecule is CCC(C)NS(=O)(=O)c1cccc(NC(=O)C2CNCCO2)c1.Cl. The van der Waals surface area contributed by atoms with E-state index in [2.05, 4.69) is 15.4 Å². The highest BCUT2D eigenvalue weighted by atomic mass is 35.5. The molecule has 1 aliphatic rings. The third-order valence-electron chi connectivity index (χ3n) is 3.60. The number of halogens is 1. The molecule has 0 spiro atoms. The van der Waals surface area contributed by atoms with Gasteiger partial charge >= 0.3 is 0 Å². The minimum absolute atomic E-state index is 0. The molecule has 0 bridgehead atoms. The number of anilines is 1. The van der Waals surface area contributed by atoms with Gasteiger partial charge < -0.3 is 15.4 Å². The molecular weight excluding hydrogens is 354 g/mol. The summed E-state index contributed by atoms with van der Waals surface area (Å²) in [5.74, 6) is -0.290. The summed E-state index contributed by atoms with van der Waals surface area (Å²) in [6, 6.07) is 6.04. The number of nitrogens with one attached hydrogen (secondary N) is 3. The summed E-state index contributed by atoms with van der Waals surface area (Å²) in [6.07, 6.45) is 0.129. The average Bonchev–Trinajstić information content (AvgIpc) is 2.55. The van der Waals surface area contributed by atoms with Crippen molar-refractivity contribution in [3.05, 3.63) is 24.3 Å². The van der Waals surface area contributed by atoms with E-state index in [4.69, 9.17) is 4.74 Å². The van der Waals surface area contributed by atoms with E-state index in [1.165, 1.54) is 12.1 Å². The van der Waals surface area contributed by atoms with Crippen molar-refractivity contribution < 1.29 is 17.9 Å². The molecule has 0 aromatic heterocycles. The summed E-state index contributed by atoms with van der Waals surface area (Å²) in [6.45, 7) is 5.35. The fourth-order valence-corrected chi connectivity index (χ4v) is 3.49. The Morgan fingerprint density at radius 3 is 2.83 bits per heavy atom. The van der Waals surface area contributed by atoms with Crippen LogP contribution in [-0.4, -0.2) is 46.2 Å². The van der Waals surface area contributed by atoms with Gasteiger partial charge in [-0.2, -0.15) is 0 Å². The predicted octanol–water partition coefficient (Wildman–Crippen LogP) is 1.11. The number of carbonyl (C=O) groups is 1. The van der Waals surface area contributed by atoms with Crippen LogP contribution in [0.3, 0.4) is 0 Å². The zero-order valence-electron chi connectivity index (χ0n) is 13.7. The average molecular weight is 378 g/mol. The summed E-state index contributed by atoms with van der Waals surface area (Å²) in [5.41, 5.74) is 0.427. The molecule has 3 N–H and O–H groups in total. The maximum atomic E-state index is 12.3. The van der Waals surface area contributed by atoms with Crippen LogP contribution in [0.5, 0.6) is 0 Å². The van der Waals surface area contributed by atoms with E-state index in [9.17, 15) is 13.2 Å². The Morgan fingerprint density at radius 1 is 1.46 bits per heavy atom. The Balaban J connectivity index is 0.00000288. The van der Waals surface area contributed by atoms with Gasteiger partial charge in [0.05, 0.1) is 11.5 Å². The quantitative estimate of drug-likeness (QED) is 0.690. The van der Waals surface area contributed by atoms with Crippen molar-refractivity contribution in [3.63, 3.8) is 0 Å². The van der Waals surface area contributed by atoms with Crippen LogP contribution in [0, 0.1) is 0 Å². The summed E-state index contributed by atoms with van der Waals surface area (Å²) in [4.78, 5) is 12.2. The lowest BCUT2D eigenvalue weighted by atomic mass is 10.2. The van der Waals surface area contributed by atoms with Gasteiger partial charge in [-0.1, -0.05) is 13.0 Å². The van der Waals surface area contributed by atoms with Crippen LogP contribution >= 0.6 is 12.4 Å². The number of benzene rings is 1. The van der Waals surface area contributed by atoms with Crippen LogP contribution in [0.15, 0.2) is 29.2 Å². The van der Waals surface area contributed by atoms with E-state index in [1.54, 1.807) is 19.1 Å². The highest BCUT2D eigenvalue weighted by molar-refractivity contribution is 7.89. The highest BCUT2D eigenvalue weighted by Crippen LogP contribution is 2.16. The molecule has 1 aromatic rings. The minimum Gasteiger partial charge on any atom is -0.366 e. The first-order chi connectivity index (χ1) is 10.9. The van der Waals surface area contributed by atoms with Crippen LogP contribution in [0.1, 0.15) is 20.3 Å². The lowest BCUT2D eigenvalue weighted by Gasteiger charge is -2.22. The van der Waals surface area contributed by atoms with E-state index in [0.29, 0.717) is 25.3 Å². The largest absolute Gasteiger partial charge is 0.366 e. The number of sulfonamides is 1. The molecule has 0 aliphatic carbocycles. The van der Waals surface area contributed by atoms with E-state index in [1.807, 2.05) is 6.92 Å². The molecule has 1 fully saturated rings. The fraction of sp³-hybridized carbons (Fsp3) is 0.533. The van der Waals surface area contributed by atoms with Crippen molar-refractivity contribution in [3.8, 4) is 0 Å². The summed E-state index contributed by atoms with van der Waals surface area (Å²) in [5, 5.41) is 5.77.